The molecule has 32 heavy (non-hydrogen) atoms. The van der Waals surface area contributed by atoms with Gasteiger partial charge in [-0.25, -0.2) is 4.99 Å². The number of thiazole rings is 1. The first-order chi connectivity index (χ1) is 15.6. The topological polar surface area (TPSA) is 54.6 Å². The lowest BCUT2D eigenvalue weighted by atomic mass is 9.85. The van der Waals surface area contributed by atoms with Crippen LogP contribution in [0.5, 0.6) is 5.75 Å². The molecule has 1 atom stereocenters. The fourth-order valence-corrected chi connectivity index (χ4v) is 6.52. The predicted molar refractivity (Wildman–Crippen MR) is 130 cm³/mol. The molecule has 1 aliphatic carbocycles. The molecule has 3 heterocycles. The number of hydrogen-bond donors (Lipinski definition) is 1. The second kappa shape index (κ2) is 7.59. The SMILES string of the molecule is O=c1/c(=C\c2cc(Cl)ccc2O)sc2n1[C@H](c1cccs1)C1=C(N=2)c2ccccc2CC1. The van der Waals surface area contributed by atoms with E-state index in [0.29, 0.717) is 19.9 Å². The fourth-order valence-electron chi connectivity index (χ4n) is 4.50. The van der Waals surface area contributed by atoms with E-state index in [1.165, 1.54) is 28.5 Å². The molecule has 0 bridgehead atoms. The molecule has 0 fully saturated rings. The van der Waals surface area contributed by atoms with Crippen LogP contribution in [0.1, 0.15) is 34.0 Å². The van der Waals surface area contributed by atoms with Crippen molar-refractivity contribution in [3.05, 3.63) is 112 Å². The minimum absolute atomic E-state index is 0.0864. The van der Waals surface area contributed by atoms with Crippen molar-refractivity contribution in [1.82, 2.24) is 4.57 Å². The second-order valence-electron chi connectivity index (χ2n) is 7.83. The molecule has 1 aliphatic heterocycles. The highest BCUT2D eigenvalue weighted by Crippen LogP contribution is 2.42. The highest BCUT2D eigenvalue weighted by molar-refractivity contribution is 7.10. The van der Waals surface area contributed by atoms with Crippen molar-refractivity contribution in [3.8, 4) is 5.75 Å². The van der Waals surface area contributed by atoms with Gasteiger partial charge in [-0.2, -0.15) is 0 Å². The Morgan fingerprint density at radius 3 is 2.84 bits per heavy atom. The summed E-state index contributed by atoms with van der Waals surface area (Å²) < 4.78 is 2.34. The van der Waals surface area contributed by atoms with Gasteiger partial charge in [0.05, 0.1) is 16.3 Å². The zero-order valence-electron chi connectivity index (χ0n) is 16.8. The molecule has 0 radical (unpaired) electrons. The summed E-state index contributed by atoms with van der Waals surface area (Å²) in [6.45, 7) is 0. The van der Waals surface area contributed by atoms with Gasteiger partial charge in [-0.05, 0) is 59.7 Å². The number of phenolic OH excluding ortho intramolecular Hbond substituents is 1. The Balaban J connectivity index is 1.63. The normalized spacial score (nSPS) is 17.5. The van der Waals surface area contributed by atoms with E-state index < -0.39 is 0 Å². The maximum atomic E-state index is 13.6. The van der Waals surface area contributed by atoms with Gasteiger partial charge in [-0.15, -0.1) is 11.3 Å². The Hall–Kier alpha value is -2.93. The fraction of sp³-hybridized carbons (Fsp3) is 0.120. The van der Waals surface area contributed by atoms with E-state index in [-0.39, 0.29) is 17.4 Å². The van der Waals surface area contributed by atoms with Crippen LogP contribution in [-0.2, 0) is 6.42 Å². The van der Waals surface area contributed by atoms with Crippen molar-refractivity contribution in [3.63, 3.8) is 0 Å². The van der Waals surface area contributed by atoms with E-state index in [1.807, 2.05) is 22.1 Å². The van der Waals surface area contributed by atoms with Gasteiger partial charge in [0.25, 0.3) is 5.56 Å². The van der Waals surface area contributed by atoms with Crippen LogP contribution in [0.3, 0.4) is 0 Å². The molecule has 4 nitrogen and oxygen atoms in total. The lowest BCUT2D eigenvalue weighted by molar-refractivity contribution is 0.474. The maximum absolute atomic E-state index is 13.6. The average Bonchev–Trinajstić information content (AvgIpc) is 3.43. The quantitative estimate of drug-likeness (QED) is 0.454. The molecule has 0 amide bonds. The van der Waals surface area contributed by atoms with Crippen LogP contribution in [0.4, 0.5) is 0 Å². The summed E-state index contributed by atoms with van der Waals surface area (Å²) in [4.78, 5) is 20.4. The van der Waals surface area contributed by atoms with Crippen LogP contribution in [0.2, 0.25) is 5.02 Å². The number of allylic oxidation sites excluding steroid dienone is 1. The van der Waals surface area contributed by atoms with Crippen molar-refractivity contribution in [2.24, 2.45) is 4.99 Å². The Morgan fingerprint density at radius 1 is 1.12 bits per heavy atom. The number of nitrogens with zero attached hydrogens (tertiary/aromatic N) is 2. The van der Waals surface area contributed by atoms with E-state index in [0.717, 1.165) is 29.0 Å². The number of aromatic nitrogens is 1. The van der Waals surface area contributed by atoms with Gasteiger partial charge in [0, 0.05) is 21.0 Å². The first-order valence-electron chi connectivity index (χ1n) is 10.2. The predicted octanol–water partition coefficient (Wildman–Crippen LogP) is 4.74. The Morgan fingerprint density at radius 2 is 2.00 bits per heavy atom. The Labute approximate surface area is 196 Å². The number of aryl methyl sites for hydroxylation is 1. The van der Waals surface area contributed by atoms with Crippen LogP contribution in [-0.4, -0.2) is 9.67 Å². The summed E-state index contributed by atoms with van der Waals surface area (Å²) >= 11 is 9.12. The second-order valence-corrected chi connectivity index (χ2v) is 10.3. The summed E-state index contributed by atoms with van der Waals surface area (Å²) in [6.07, 6.45) is 3.51. The summed E-state index contributed by atoms with van der Waals surface area (Å²) in [7, 11) is 0. The molecule has 2 aromatic heterocycles. The number of benzene rings is 2. The average molecular weight is 477 g/mol. The molecular weight excluding hydrogens is 460 g/mol. The highest BCUT2D eigenvalue weighted by atomic mass is 35.5. The first-order valence-corrected chi connectivity index (χ1v) is 12.3. The van der Waals surface area contributed by atoms with Gasteiger partial charge in [-0.3, -0.25) is 9.36 Å². The first kappa shape index (κ1) is 19.7. The minimum atomic E-state index is -0.162. The van der Waals surface area contributed by atoms with Gasteiger partial charge in [0.2, 0.25) is 0 Å². The van der Waals surface area contributed by atoms with Crippen molar-refractivity contribution >= 4 is 46.0 Å². The smallest absolute Gasteiger partial charge is 0.271 e. The van der Waals surface area contributed by atoms with Crippen molar-refractivity contribution in [2.45, 2.75) is 18.9 Å². The van der Waals surface area contributed by atoms with Crippen LogP contribution in [0.25, 0.3) is 11.8 Å². The summed E-state index contributed by atoms with van der Waals surface area (Å²) in [5.41, 5.74) is 5.05. The standard InChI is InChI=1S/C25H17ClN2O2S2/c26-16-8-10-19(29)15(12-16)13-21-24(30)28-23(20-6-3-11-31-20)18-9-7-14-4-1-2-5-17(14)22(18)27-25(28)32-21/h1-6,8,10-13,23,29H,7,9H2/b21-13+/t23-/m0/s1. The van der Waals surface area contributed by atoms with E-state index in [9.17, 15) is 9.90 Å². The summed E-state index contributed by atoms with van der Waals surface area (Å²) in [5, 5.41) is 12.8. The minimum Gasteiger partial charge on any atom is -0.507 e. The molecule has 2 aromatic carbocycles. The van der Waals surface area contributed by atoms with E-state index >= 15 is 0 Å². The molecule has 7 heteroatoms. The molecule has 6 rings (SSSR count). The molecule has 4 aromatic rings. The highest BCUT2D eigenvalue weighted by Gasteiger charge is 2.32. The molecule has 0 spiro atoms. The molecule has 0 saturated carbocycles. The van der Waals surface area contributed by atoms with E-state index in [1.54, 1.807) is 29.5 Å². The van der Waals surface area contributed by atoms with Gasteiger partial charge in [-0.1, -0.05) is 53.3 Å². The van der Waals surface area contributed by atoms with Crippen LogP contribution < -0.4 is 14.9 Å². The monoisotopic (exact) mass is 476 g/mol. The summed E-state index contributed by atoms with van der Waals surface area (Å²) in [6, 6.07) is 17.2. The van der Waals surface area contributed by atoms with Crippen molar-refractivity contribution in [2.75, 3.05) is 0 Å². The van der Waals surface area contributed by atoms with Crippen LogP contribution in [0, 0.1) is 0 Å². The Bertz CT molecular complexity index is 1580. The molecule has 2 aliphatic rings. The lowest BCUT2D eigenvalue weighted by Crippen LogP contribution is -2.38. The zero-order chi connectivity index (χ0) is 21.8. The number of hydrogen-bond acceptors (Lipinski definition) is 5. The molecule has 0 saturated heterocycles. The van der Waals surface area contributed by atoms with Crippen molar-refractivity contribution < 1.29 is 5.11 Å². The number of halogens is 1. The molecule has 158 valence electrons. The van der Waals surface area contributed by atoms with Gasteiger partial charge in [0.1, 0.15) is 5.75 Å². The largest absolute Gasteiger partial charge is 0.507 e. The van der Waals surface area contributed by atoms with Crippen LogP contribution >= 0.6 is 34.3 Å². The lowest BCUT2D eigenvalue weighted by Gasteiger charge is -2.30. The van der Waals surface area contributed by atoms with E-state index in [4.69, 9.17) is 16.6 Å². The van der Waals surface area contributed by atoms with Crippen LogP contribution in [0.15, 0.2) is 75.3 Å². The molecule has 0 unspecified atom stereocenters. The molecular formula is C25H17ClN2O2S2. The number of aromatic hydroxyl groups is 1. The number of rotatable bonds is 2. The number of phenols is 1. The molecule has 1 N–H and O–H groups in total. The number of fused-ring (bicyclic) bond motifs is 3. The van der Waals surface area contributed by atoms with Gasteiger partial charge in [0.15, 0.2) is 4.80 Å². The Kier molecular flexibility index (Phi) is 4.68. The number of thiophene rings is 1. The maximum Gasteiger partial charge on any atom is 0.271 e. The van der Waals surface area contributed by atoms with Gasteiger partial charge < -0.3 is 5.11 Å². The van der Waals surface area contributed by atoms with Gasteiger partial charge >= 0.3 is 0 Å². The third-order valence-corrected chi connectivity index (χ3v) is 8.10. The third kappa shape index (κ3) is 3.10. The third-order valence-electron chi connectivity index (χ3n) is 5.96. The summed E-state index contributed by atoms with van der Waals surface area (Å²) in [5.74, 6) is 0.0864. The van der Waals surface area contributed by atoms with Crippen molar-refractivity contribution in [1.29, 1.82) is 0 Å². The zero-order valence-corrected chi connectivity index (χ0v) is 19.2. The van der Waals surface area contributed by atoms with E-state index in [2.05, 4.69) is 24.3 Å².